The summed E-state index contributed by atoms with van der Waals surface area (Å²) in [5.74, 6) is 1.43. The van der Waals surface area contributed by atoms with Crippen LogP contribution in [0.1, 0.15) is 30.5 Å². The molecule has 0 saturated carbocycles. The lowest BCUT2D eigenvalue weighted by Crippen LogP contribution is -2.43. The second kappa shape index (κ2) is 8.56. The van der Waals surface area contributed by atoms with Crippen molar-refractivity contribution >= 4 is 5.91 Å². The Hall–Kier alpha value is -2.49. The Balaban J connectivity index is 1.85. The SMILES string of the molecule is Cc1ccc(C)c(OC(C)C(=O)NC(C)COc2ccccc2C)c1. The first-order valence-corrected chi connectivity index (χ1v) is 8.59. The molecular formula is C21H27NO3. The van der Waals surface area contributed by atoms with Gasteiger partial charge in [-0.15, -0.1) is 0 Å². The van der Waals surface area contributed by atoms with E-state index < -0.39 is 6.10 Å². The largest absolute Gasteiger partial charge is 0.491 e. The van der Waals surface area contributed by atoms with Crippen LogP contribution in [0.4, 0.5) is 0 Å². The molecule has 2 rings (SSSR count). The number of aryl methyl sites for hydroxylation is 3. The van der Waals surface area contributed by atoms with Crippen LogP contribution in [0.3, 0.4) is 0 Å². The third-order valence-electron chi connectivity index (χ3n) is 3.99. The van der Waals surface area contributed by atoms with Gasteiger partial charge >= 0.3 is 0 Å². The van der Waals surface area contributed by atoms with Gasteiger partial charge in [0.25, 0.3) is 5.91 Å². The molecule has 25 heavy (non-hydrogen) atoms. The number of hydrogen-bond acceptors (Lipinski definition) is 3. The molecule has 1 amide bonds. The van der Waals surface area contributed by atoms with E-state index in [0.29, 0.717) is 6.61 Å². The van der Waals surface area contributed by atoms with Gasteiger partial charge < -0.3 is 14.8 Å². The van der Waals surface area contributed by atoms with Crippen molar-refractivity contribution < 1.29 is 14.3 Å². The topological polar surface area (TPSA) is 47.6 Å². The maximum absolute atomic E-state index is 12.3. The first-order chi connectivity index (χ1) is 11.9. The van der Waals surface area contributed by atoms with Crippen molar-refractivity contribution in [1.29, 1.82) is 0 Å². The highest BCUT2D eigenvalue weighted by molar-refractivity contribution is 5.81. The predicted octanol–water partition coefficient (Wildman–Crippen LogP) is 3.96. The van der Waals surface area contributed by atoms with Crippen LogP contribution in [-0.4, -0.2) is 24.7 Å². The first kappa shape index (κ1) is 18.8. The minimum atomic E-state index is -0.568. The summed E-state index contributed by atoms with van der Waals surface area (Å²) in [7, 11) is 0. The monoisotopic (exact) mass is 341 g/mol. The fraction of sp³-hybridized carbons (Fsp3) is 0.381. The molecule has 0 aromatic heterocycles. The highest BCUT2D eigenvalue weighted by Crippen LogP contribution is 2.20. The molecule has 2 unspecified atom stereocenters. The Bertz CT molecular complexity index is 727. The van der Waals surface area contributed by atoms with E-state index >= 15 is 0 Å². The number of benzene rings is 2. The Morgan fingerprint density at radius 2 is 1.68 bits per heavy atom. The molecule has 0 saturated heterocycles. The van der Waals surface area contributed by atoms with Gasteiger partial charge in [0.15, 0.2) is 6.10 Å². The van der Waals surface area contributed by atoms with Gasteiger partial charge in [0, 0.05) is 0 Å². The third-order valence-corrected chi connectivity index (χ3v) is 3.99. The fourth-order valence-electron chi connectivity index (χ4n) is 2.41. The van der Waals surface area contributed by atoms with Crippen molar-refractivity contribution in [2.24, 2.45) is 0 Å². The van der Waals surface area contributed by atoms with E-state index in [1.54, 1.807) is 6.92 Å². The summed E-state index contributed by atoms with van der Waals surface area (Å²) >= 11 is 0. The van der Waals surface area contributed by atoms with Crippen LogP contribution < -0.4 is 14.8 Å². The average Bonchev–Trinajstić information content (AvgIpc) is 2.57. The molecule has 0 aliphatic heterocycles. The number of carbonyl (C=O) groups is 1. The molecule has 4 heteroatoms. The minimum Gasteiger partial charge on any atom is -0.491 e. The summed E-state index contributed by atoms with van der Waals surface area (Å²) in [5, 5.41) is 2.93. The highest BCUT2D eigenvalue weighted by atomic mass is 16.5. The number of rotatable bonds is 7. The lowest BCUT2D eigenvalue weighted by molar-refractivity contribution is -0.128. The van der Waals surface area contributed by atoms with Crippen molar-refractivity contribution in [1.82, 2.24) is 5.32 Å². The highest BCUT2D eigenvalue weighted by Gasteiger charge is 2.18. The molecule has 0 spiro atoms. The Morgan fingerprint density at radius 1 is 1.00 bits per heavy atom. The summed E-state index contributed by atoms with van der Waals surface area (Å²) in [4.78, 5) is 12.3. The Kier molecular flexibility index (Phi) is 6.45. The maximum atomic E-state index is 12.3. The Morgan fingerprint density at radius 3 is 2.40 bits per heavy atom. The predicted molar refractivity (Wildman–Crippen MR) is 100 cm³/mol. The molecule has 0 heterocycles. The van der Waals surface area contributed by atoms with Crippen molar-refractivity contribution in [3.05, 3.63) is 59.2 Å². The second-order valence-corrected chi connectivity index (χ2v) is 6.52. The quantitative estimate of drug-likeness (QED) is 0.829. The van der Waals surface area contributed by atoms with Crippen LogP contribution in [0.2, 0.25) is 0 Å². The van der Waals surface area contributed by atoms with Crippen molar-refractivity contribution in [2.45, 2.75) is 46.8 Å². The zero-order valence-electron chi connectivity index (χ0n) is 15.6. The third kappa shape index (κ3) is 5.52. The molecule has 0 fully saturated rings. The standard InChI is InChI=1S/C21H27NO3/c1-14-10-11-16(3)20(12-14)25-18(5)21(23)22-17(4)13-24-19-9-7-6-8-15(19)2/h6-12,17-18H,13H2,1-5H3,(H,22,23). The molecule has 4 nitrogen and oxygen atoms in total. The number of para-hydroxylation sites is 1. The van der Waals surface area contributed by atoms with Crippen LogP contribution in [0.15, 0.2) is 42.5 Å². The summed E-state index contributed by atoms with van der Waals surface area (Å²) in [5.41, 5.74) is 3.20. The van der Waals surface area contributed by atoms with Gasteiger partial charge in [-0.05, 0) is 63.4 Å². The van der Waals surface area contributed by atoms with E-state index in [4.69, 9.17) is 9.47 Å². The summed E-state index contributed by atoms with van der Waals surface area (Å²) in [6, 6.07) is 13.7. The number of ether oxygens (including phenoxy) is 2. The Labute approximate surface area is 150 Å². The molecule has 0 aliphatic rings. The van der Waals surface area contributed by atoms with Crippen molar-refractivity contribution in [3.63, 3.8) is 0 Å². The minimum absolute atomic E-state index is 0.114. The lowest BCUT2D eigenvalue weighted by Gasteiger charge is -2.20. The van der Waals surface area contributed by atoms with Gasteiger partial charge in [-0.25, -0.2) is 0 Å². The van der Waals surface area contributed by atoms with Gasteiger partial charge in [0.05, 0.1) is 6.04 Å². The van der Waals surface area contributed by atoms with Crippen molar-refractivity contribution in [3.8, 4) is 11.5 Å². The maximum Gasteiger partial charge on any atom is 0.261 e. The fourth-order valence-corrected chi connectivity index (χ4v) is 2.41. The zero-order chi connectivity index (χ0) is 18.4. The second-order valence-electron chi connectivity index (χ2n) is 6.52. The molecule has 0 bridgehead atoms. The number of nitrogens with one attached hydrogen (secondary N) is 1. The van der Waals surface area contributed by atoms with Gasteiger partial charge in [0.2, 0.25) is 0 Å². The smallest absolute Gasteiger partial charge is 0.261 e. The van der Waals surface area contributed by atoms with E-state index in [9.17, 15) is 4.79 Å². The normalized spacial score (nSPS) is 13.0. The van der Waals surface area contributed by atoms with Crippen molar-refractivity contribution in [2.75, 3.05) is 6.61 Å². The van der Waals surface area contributed by atoms with Gasteiger partial charge in [-0.3, -0.25) is 4.79 Å². The lowest BCUT2D eigenvalue weighted by atomic mass is 10.1. The van der Waals surface area contributed by atoms with E-state index in [-0.39, 0.29) is 11.9 Å². The summed E-state index contributed by atoms with van der Waals surface area (Å²) < 4.78 is 11.6. The summed E-state index contributed by atoms with van der Waals surface area (Å²) in [6.45, 7) is 10.1. The molecule has 0 radical (unpaired) electrons. The molecule has 2 aromatic carbocycles. The van der Waals surface area contributed by atoms with Crippen LogP contribution in [-0.2, 0) is 4.79 Å². The van der Waals surface area contributed by atoms with Crippen LogP contribution in [0, 0.1) is 20.8 Å². The van der Waals surface area contributed by atoms with Gasteiger partial charge in [-0.1, -0.05) is 30.3 Å². The van der Waals surface area contributed by atoms with E-state index in [1.165, 1.54) is 0 Å². The number of amides is 1. The van der Waals surface area contributed by atoms with E-state index in [0.717, 1.165) is 28.2 Å². The molecule has 2 aromatic rings. The number of carbonyl (C=O) groups excluding carboxylic acids is 1. The summed E-state index contributed by atoms with van der Waals surface area (Å²) in [6.07, 6.45) is -0.568. The zero-order valence-corrected chi connectivity index (χ0v) is 15.6. The molecule has 134 valence electrons. The molecule has 0 aliphatic carbocycles. The molecular weight excluding hydrogens is 314 g/mol. The van der Waals surface area contributed by atoms with Gasteiger partial charge in [0.1, 0.15) is 18.1 Å². The average molecular weight is 341 g/mol. The van der Waals surface area contributed by atoms with E-state index in [2.05, 4.69) is 5.32 Å². The van der Waals surface area contributed by atoms with Gasteiger partial charge in [-0.2, -0.15) is 0 Å². The van der Waals surface area contributed by atoms with Crippen LogP contribution in [0.25, 0.3) is 0 Å². The van der Waals surface area contributed by atoms with E-state index in [1.807, 2.05) is 70.2 Å². The number of hydrogen-bond donors (Lipinski definition) is 1. The van der Waals surface area contributed by atoms with Crippen LogP contribution >= 0.6 is 0 Å². The van der Waals surface area contributed by atoms with Crippen LogP contribution in [0.5, 0.6) is 11.5 Å². The first-order valence-electron chi connectivity index (χ1n) is 8.59. The molecule has 2 atom stereocenters. The molecule has 1 N–H and O–H groups in total.